The van der Waals surface area contributed by atoms with Crippen molar-refractivity contribution in [2.45, 2.75) is 6.04 Å². The summed E-state index contributed by atoms with van der Waals surface area (Å²) in [6.45, 7) is 3.75. The molecule has 0 N–H and O–H groups in total. The number of nitrogens with zero attached hydrogens (tertiary/aromatic N) is 1. The molecule has 0 aromatic heterocycles. The van der Waals surface area contributed by atoms with Crippen molar-refractivity contribution in [2.24, 2.45) is 0 Å². The van der Waals surface area contributed by atoms with Crippen LogP contribution < -0.4 is 0 Å². The van der Waals surface area contributed by atoms with Crippen LogP contribution >= 0.6 is 0 Å². The maximum atomic E-state index is 3.75. The molecule has 72 valence electrons. The lowest BCUT2D eigenvalue weighted by Gasteiger charge is -2.13. The lowest BCUT2D eigenvalue weighted by Crippen LogP contribution is -2.23. The van der Waals surface area contributed by atoms with Gasteiger partial charge in [-0.05, 0) is 26.2 Å². The summed E-state index contributed by atoms with van der Waals surface area (Å²) in [4.78, 5) is 2.03. The van der Waals surface area contributed by atoms with Gasteiger partial charge in [0.05, 0.1) is 6.04 Å². The van der Waals surface area contributed by atoms with E-state index in [-0.39, 0.29) is 6.04 Å². The van der Waals surface area contributed by atoms with E-state index in [1.54, 1.807) is 0 Å². The van der Waals surface area contributed by atoms with E-state index >= 15 is 0 Å². The van der Waals surface area contributed by atoms with E-state index in [4.69, 9.17) is 0 Å². The molecule has 14 heavy (non-hydrogen) atoms. The maximum Gasteiger partial charge on any atom is 0.0896 e. The van der Waals surface area contributed by atoms with Gasteiger partial charge in [0, 0.05) is 5.56 Å². The van der Waals surface area contributed by atoms with Crippen molar-refractivity contribution in [2.75, 3.05) is 14.1 Å². The minimum atomic E-state index is 0.121. The summed E-state index contributed by atoms with van der Waals surface area (Å²) < 4.78 is 0. The maximum absolute atomic E-state index is 3.75. The van der Waals surface area contributed by atoms with Crippen molar-refractivity contribution in [1.82, 2.24) is 4.90 Å². The predicted molar refractivity (Wildman–Crippen MR) is 61.0 cm³/mol. The van der Waals surface area contributed by atoms with Crippen molar-refractivity contribution in [3.63, 3.8) is 0 Å². The van der Waals surface area contributed by atoms with Gasteiger partial charge in [0.2, 0.25) is 0 Å². The number of likely N-dealkylation sites (N-methyl/N-ethyl adjacent to an activating group) is 1. The highest BCUT2D eigenvalue weighted by Crippen LogP contribution is 1.97. The molecule has 1 atom stereocenters. The molecule has 1 aromatic carbocycles. The first-order chi connectivity index (χ1) is 6.74. The van der Waals surface area contributed by atoms with Crippen LogP contribution in [0.25, 0.3) is 0 Å². The molecule has 1 nitrogen and oxygen atoms in total. The van der Waals surface area contributed by atoms with Crippen LogP contribution in [-0.2, 0) is 0 Å². The molecule has 1 unspecified atom stereocenters. The molecule has 0 aliphatic heterocycles. The Hall–Kier alpha value is -1.52. The molecule has 0 saturated carbocycles. The summed E-state index contributed by atoms with van der Waals surface area (Å²) in [5.74, 6) is 6.26. The standard InChI is InChI=1S/C13H15N/c1-4-13(14(2)3)11-10-12-8-6-5-7-9-12/h4-9,13H,1H2,2-3H3. The minimum Gasteiger partial charge on any atom is -0.293 e. The van der Waals surface area contributed by atoms with Crippen molar-refractivity contribution < 1.29 is 0 Å². The van der Waals surface area contributed by atoms with Crippen LogP contribution in [0.3, 0.4) is 0 Å². The van der Waals surface area contributed by atoms with Gasteiger partial charge in [-0.25, -0.2) is 0 Å². The first-order valence-corrected chi connectivity index (χ1v) is 4.59. The Morgan fingerprint density at radius 1 is 1.29 bits per heavy atom. The fraction of sp³-hybridized carbons (Fsp3) is 0.231. The summed E-state index contributed by atoms with van der Waals surface area (Å²) in [5.41, 5.74) is 1.04. The van der Waals surface area contributed by atoms with E-state index in [9.17, 15) is 0 Å². The van der Waals surface area contributed by atoms with Crippen LogP contribution in [0.15, 0.2) is 43.0 Å². The zero-order valence-electron chi connectivity index (χ0n) is 8.70. The quantitative estimate of drug-likeness (QED) is 0.504. The summed E-state index contributed by atoms with van der Waals surface area (Å²) in [6, 6.07) is 10.1. The Labute approximate surface area is 86.1 Å². The Kier molecular flexibility index (Phi) is 3.97. The molecule has 0 bridgehead atoms. The summed E-state index contributed by atoms with van der Waals surface area (Å²) in [7, 11) is 3.98. The number of rotatable bonds is 2. The molecule has 0 fully saturated rings. The van der Waals surface area contributed by atoms with Gasteiger partial charge in [-0.1, -0.05) is 36.1 Å². The fourth-order valence-electron chi connectivity index (χ4n) is 1.08. The molecule has 0 heterocycles. The highest BCUT2D eigenvalue weighted by atomic mass is 15.1. The van der Waals surface area contributed by atoms with Crippen LogP contribution in [0, 0.1) is 11.8 Å². The predicted octanol–water partition coefficient (Wildman–Crippen LogP) is 2.15. The van der Waals surface area contributed by atoms with E-state index in [1.807, 2.05) is 55.4 Å². The minimum absolute atomic E-state index is 0.121. The van der Waals surface area contributed by atoms with Crippen molar-refractivity contribution in [1.29, 1.82) is 0 Å². The molecule has 0 aliphatic rings. The first kappa shape index (κ1) is 10.6. The molecule has 0 spiro atoms. The summed E-state index contributed by atoms with van der Waals surface area (Å²) >= 11 is 0. The molecule has 1 heteroatoms. The van der Waals surface area contributed by atoms with Gasteiger partial charge in [0.25, 0.3) is 0 Å². The van der Waals surface area contributed by atoms with Crippen LogP contribution in [0.5, 0.6) is 0 Å². The van der Waals surface area contributed by atoms with E-state index < -0.39 is 0 Å². The van der Waals surface area contributed by atoms with Crippen LogP contribution in [-0.4, -0.2) is 25.0 Å². The second-order valence-corrected chi connectivity index (χ2v) is 3.28. The van der Waals surface area contributed by atoms with Gasteiger partial charge in [0.15, 0.2) is 0 Å². The lowest BCUT2D eigenvalue weighted by atomic mass is 10.2. The normalized spacial score (nSPS) is 11.6. The second kappa shape index (κ2) is 5.26. The van der Waals surface area contributed by atoms with E-state index in [0.29, 0.717) is 0 Å². The van der Waals surface area contributed by atoms with Gasteiger partial charge in [-0.3, -0.25) is 4.90 Å². The van der Waals surface area contributed by atoms with Gasteiger partial charge < -0.3 is 0 Å². The van der Waals surface area contributed by atoms with Crippen molar-refractivity contribution >= 4 is 0 Å². The number of hydrogen-bond acceptors (Lipinski definition) is 1. The molecule has 0 radical (unpaired) electrons. The van der Waals surface area contributed by atoms with Crippen LogP contribution in [0.2, 0.25) is 0 Å². The monoisotopic (exact) mass is 185 g/mol. The van der Waals surface area contributed by atoms with Crippen molar-refractivity contribution in [3.8, 4) is 11.8 Å². The second-order valence-electron chi connectivity index (χ2n) is 3.28. The van der Waals surface area contributed by atoms with E-state index in [1.165, 1.54) is 0 Å². The smallest absolute Gasteiger partial charge is 0.0896 e. The van der Waals surface area contributed by atoms with Gasteiger partial charge in [-0.2, -0.15) is 0 Å². The first-order valence-electron chi connectivity index (χ1n) is 4.59. The Morgan fingerprint density at radius 3 is 2.43 bits per heavy atom. The summed E-state index contributed by atoms with van der Waals surface area (Å²) in [5, 5.41) is 0. The Bertz CT molecular complexity index is 340. The zero-order valence-corrected chi connectivity index (χ0v) is 8.70. The van der Waals surface area contributed by atoms with Gasteiger partial charge in [0.1, 0.15) is 0 Å². The molecule has 1 rings (SSSR count). The molecule has 0 aliphatic carbocycles. The Balaban J connectivity index is 2.76. The molecular formula is C13H15N. The third-order valence-corrected chi connectivity index (χ3v) is 1.92. The van der Waals surface area contributed by atoms with Crippen LogP contribution in [0.4, 0.5) is 0 Å². The van der Waals surface area contributed by atoms with Crippen molar-refractivity contribution in [3.05, 3.63) is 48.6 Å². The third kappa shape index (κ3) is 3.08. The summed E-state index contributed by atoms with van der Waals surface area (Å²) in [6.07, 6.45) is 1.84. The Morgan fingerprint density at radius 2 is 1.93 bits per heavy atom. The third-order valence-electron chi connectivity index (χ3n) is 1.92. The largest absolute Gasteiger partial charge is 0.293 e. The molecular weight excluding hydrogens is 170 g/mol. The SMILES string of the molecule is C=CC(C#Cc1ccccc1)N(C)C. The van der Waals surface area contributed by atoms with E-state index in [2.05, 4.69) is 18.4 Å². The highest BCUT2D eigenvalue weighted by Gasteiger charge is 1.99. The average molecular weight is 185 g/mol. The molecule has 0 amide bonds. The molecule has 1 aromatic rings. The molecule has 0 saturated heterocycles. The van der Waals surface area contributed by atoms with Gasteiger partial charge in [-0.15, -0.1) is 6.58 Å². The number of benzene rings is 1. The van der Waals surface area contributed by atoms with E-state index in [0.717, 1.165) is 5.56 Å². The van der Waals surface area contributed by atoms with Crippen LogP contribution in [0.1, 0.15) is 5.56 Å². The zero-order chi connectivity index (χ0) is 10.4. The topological polar surface area (TPSA) is 3.24 Å². The van der Waals surface area contributed by atoms with Gasteiger partial charge >= 0.3 is 0 Å². The highest BCUT2D eigenvalue weighted by molar-refractivity contribution is 5.35. The number of hydrogen-bond donors (Lipinski definition) is 0. The fourth-order valence-corrected chi connectivity index (χ4v) is 1.08. The average Bonchev–Trinajstić information content (AvgIpc) is 2.20. The lowest BCUT2D eigenvalue weighted by molar-refractivity contribution is 0.401.